The smallest absolute Gasteiger partial charge is 0.182 e. The van der Waals surface area contributed by atoms with E-state index in [0.717, 1.165) is 42.9 Å². The van der Waals surface area contributed by atoms with E-state index >= 15 is 0 Å². The number of nitrogens with zero attached hydrogens (tertiary/aromatic N) is 4. The van der Waals surface area contributed by atoms with Crippen molar-refractivity contribution in [2.75, 3.05) is 25.0 Å². The van der Waals surface area contributed by atoms with Gasteiger partial charge in [-0.05, 0) is 26.8 Å². The van der Waals surface area contributed by atoms with Crippen LogP contribution in [0.1, 0.15) is 19.8 Å². The average molecular weight is 246 g/mol. The summed E-state index contributed by atoms with van der Waals surface area (Å²) in [7, 11) is 2.04. The molecule has 0 aromatic carbocycles. The lowest BCUT2D eigenvalue weighted by Crippen LogP contribution is -2.50. The molecule has 0 saturated carbocycles. The van der Waals surface area contributed by atoms with E-state index in [1.54, 1.807) is 12.7 Å². The van der Waals surface area contributed by atoms with Crippen molar-refractivity contribution in [1.82, 2.24) is 25.3 Å². The monoisotopic (exact) mass is 246 g/mol. The molecular formula is C12H18N6. The summed E-state index contributed by atoms with van der Waals surface area (Å²) in [6, 6.07) is 0. The predicted octanol–water partition coefficient (Wildman–Crippen LogP) is 0.931. The van der Waals surface area contributed by atoms with E-state index in [1.807, 2.05) is 7.05 Å². The van der Waals surface area contributed by atoms with Gasteiger partial charge in [-0.25, -0.2) is 15.0 Å². The third kappa shape index (κ3) is 1.82. The van der Waals surface area contributed by atoms with Gasteiger partial charge in [0, 0.05) is 18.6 Å². The highest BCUT2D eigenvalue weighted by atomic mass is 15.2. The number of imidazole rings is 1. The van der Waals surface area contributed by atoms with Gasteiger partial charge in [-0.3, -0.25) is 0 Å². The molecule has 2 aromatic rings. The predicted molar refractivity (Wildman–Crippen MR) is 70.6 cm³/mol. The maximum absolute atomic E-state index is 4.40. The molecule has 1 saturated heterocycles. The Labute approximate surface area is 106 Å². The summed E-state index contributed by atoms with van der Waals surface area (Å²) < 4.78 is 0. The highest BCUT2D eigenvalue weighted by molar-refractivity contribution is 5.82. The van der Waals surface area contributed by atoms with E-state index in [9.17, 15) is 0 Å². The zero-order chi connectivity index (χ0) is 12.6. The van der Waals surface area contributed by atoms with E-state index in [-0.39, 0.29) is 5.54 Å². The molecule has 1 aliphatic heterocycles. The first kappa shape index (κ1) is 11.4. The Morgan fingerprint density at radius 3 is 2.78 bits per heavy atom. The van der Waals surface area contributed by atoms with Crippen LogP contribution in [0.15, 0.2) is 12.7 Å². The molecule has 0 amide bonds. The fourth-order valence-corrected chi connectivity index (χ4v) is 2.45. The van der Waals surface area contributed by atoms with Crippen molar-refractivity contribution in [2.45, 2.75) is 25.3 Å². The van der Waals surface area contributed by atoms with Crippen LogP contribution in [0, 0.1) is 0 Å². The molecule has 6 heteroatoms. The topological polar surface area (TPSA) is 69.7 Å². The molecule has 18 heavy (non-hydrogen) atoms. The van der Waals surface area contributed by atoms with Crippen LogP contribution in [-0.4, -0.2) is 45.6 Å². The van der Waals surface area contributed by atoms with Crippen molar-refractivity contribution in [1.29, 1.82) is 0 Å². The standard InChI is InChI=1S/C12H18N6/c1-12(13-2)3-5-18(6-4-12)11-9-10(15-7-14-9)16-8-17-11/h7-8,13H,3-6H2,1-2H3,(H,14,15,16,17). The van der Waals surface area contributed by atoms with Gasteiger partial charge in [0.15, 0.2) is 11.5 Å². The quantitative estimate of drug-likeness (QED) is 0.825. The van der Waals surface area contributed by atoms with E-state index in [1.165, 1.54) is 0 Å². The number of hydrogen-bond acceptors (Lipinski definition) is 5. The first-order valence-corrected chi connectivity index (χ1v) is 6.30. The summed E-state index contributed by atoms with van der Waals surface area (Å²) in [6.07, 6.45) is 5.49. The molecule has 0 radical (unpaired) electrons. The van der Waals surface area contributed by atoms with Gasteiger partial charge in [-0.15, -0.1) is 0 Å². The number of fused-ring (bicyclic) bond motifs is 1. The minimum atomic E-state index is 0.247. The summed E-state index contributed by atoms with van der Waals surface area (Å²) in [5.74, 6) is 0.968. The van der Waals surface area contributed by atoms with Crippen LogP contribution < -0.4 is 10.2 Å². The Bertz CT molecular complexity index is 540. The van der Waals surface area contributed by atoms with E-state index in [2.05, 4.69) is 37.1 Å². The number of aromatic nitrogens is 4. The van der Waals surface area contributed by atoms with Gasteiger partial charge in [0.1, 0.15) is 11.8 Å². The van der Waals surface area contributed by atoms with Crippen LogP contribution in [0.4, 0.5) is 5.82 Å². The highest BCUT2D eigenvalue weighted by Gasteiger charge is 2.29. The van der Waals surface area contributed by atoms with Crippen LogP contribution in [0.25, 0.3) is 11.2 Å². The maximum Gasteiger partial charge on any atom is 0.182 e. The van der Waals surface area contributed by atoms with Gasteiger partial charge < -0.3 is 15.2 Å². The molecule has 3 rings (SSSR count). The molecule has 0 unspecified atom stereocenters. The fourth-order valence-electron chi connectivity index (χ4n) is 2.45. The Hall–Kier alpha value is -1.69. The normalized spacial score (nSPS) is 19.3. The van der Waals surface area contributed by atoms with Gasteiger partial charge in [0.2, 0.25) is 0 Å². The van der Waals surface area contributed by atoms with Gasteiger partial charge in [-0.1, -0.05) is 0 Å². The lowest BCUT2D eigenvalue weighted by molar-refractivity contribution is 0.304. The molecule has 96 valence electrons. The minimum Gasteiger partial charge on any atom is -0.355 e. The number of H-pyrrole nitrogens is 1. The summed E-state index contributed by atoms with van der Waals surface area (Å²) in [4.78, 5) is 18.2. The van der Waals surface area contributed by atoms with Crippen LogP contribution in [0.5, 0.6) is 0 Å². The third-order valence-electron chi connectivity index (χ3n) is 3.97. The van der Waals surface area contributed by atoms with Crippen molar-refractivity contribution in [2.24, 2.45) is 0 Å². The molecule has 1 fully saturated rings. The number of nitrogens with one attached hydrogen (secondary N) is 2. The van der Waals surface area contributed by atoms with Gasteiger partial charge in [0.25, 0.3) is 0 Å². The number of rotatable bonds is 2. The Morgan fingerprint density at radius 1 is 1.28 bits per heavy atom. The van der Waals surface area contributed by atoms with E-state index in [0.29, 0.717) is 0 Å². The van der Waals surface area contributed by atoms with Crippen molar-refractivity contribution < 1.29 is 0 Å². The van der Waals surface area contributed by atoms with Crippen LogP contribution in [0.2, 0.25) is 0 Å². The minimum absolute atomic E-state index is 0.247. The van der Waals surface area contributed by atoms with Gasteiger partial charge in [-0.2, -0.15) is 0 Å². The van der Waals surface area contributed by atoms with Crippen LogP contribution in [0.3, 0.4) is 0 Å². The average Bonchev–Trinajstić information content (AvgIpc) is 2.88. The molecule has 2 aromatic heterocycles. The number of aromatic amines is 1. The molecule has 0 atom stereocenters. The van der Waals surface area contributed by atoms with Crippen molar-refractivity contribution >= 4 is 17.0 Å². The summed E-state index contributed by atoms with van der Waals surface area (Å²) >= 11 is 0. The van der Waals surface area contributed by atoms with Gasteiger partial charge in [0.05, 0.1) is 6.33 Å². The third-order valence-corrected chi connectivity index (χ3v) is 3.97. The van der Waals surface area contributed by atoms with Gasteiger partial charge >= 0.3 is 0 Å². The zero-order valence-corrected chi connectivity index (χ0v) is 10.8. The number of anilines is 1. The summed E-state index contributed by atoms with van der Waals surface area (Å²) in [5.41, 5.74) is 1.92. The molecule has 0 aliphatic carbocycles. The summed E-state index contributed by atoms with van der Waals surface area (Å²) in [5, 5.41) is 3.40. The molecule has 1 aliphatic rings. The molecule has 2 N–H and O–H groups in total. The Balaban J connectivity index is 1.86. The molecule has 3 heterocycles. The molecule has 0 spiro atoms. The molecular weight excluding hydrogens is 228 g/mol. The molecule has 6 nitrogen and oxygen atoms in total. The van der Waals surface area contributed by atoms with E-state index < -0.39 is 0 Å². The summed E-state index contributed by atoms with van der Waals surface area (Å²) in [6.45, 7) is 4.28. The molecule has 0 bridgehead atoms. The van der Waals surface area contributed by atoms with Crippen molar-refractivity contribution in [3.63, 3.8) is 0 Å². The Morgan fingerprint density at radius 2 is 2.06 bits per heavy atom. The van der Waals surface area contributed by atoms with Crippen molar-refractivity contribution in [3.05, 3.63) is 12.7 Å². The lowest BCUT2D eigenvalue weighted by atomic mass is 9.90. The SMILES string of the molecule is CNC1(C)CCN(c2ncnc3nc[nH]c23)CC1. The second-order valence-electron chi connectivity index (χ2n) is 5.10. The Kier molecular flexibility index (Phi) is 2.66. The first-order chi connectivity index (χ1) is 8.72. The van der Waals surface area contributed by atoms with E-state index in [4.69, 9.17) is 0 Å². The second-order valence-corrected chi connectivity index (χ2v) is 5.10. The first-order valence-electron chi connectivity index (χ1n) is 6.30. The fraction of sp³-hybridized carbons (Fsp3) is 0.583. The highest BCUT2D eigenvalue weighted by Crippen LogP contribution is 2.27. The van der Waals surface area contributed by atoms with Crippen LogP contribution >= 0.6 is 0 Å². The zero-order valence-electron chi connectivity index (χ0n) is 10.8. The largest absolute Gasteiger partial charge is 0.355 e. The number of hydrogen-bond donors (Lipinski definition) is 2. The number of piperidine rings is 1. The maximum atomic E-state index is 4.40. The second kappa shape index (κ2) is 4.20. The van der Waals surface area contributed by atoms with Crippen LogP contribution in [-0.2, 0) is 0 Å². The lowest BCUT2D eigenvalue weighted by Gasteiger charge is -2.39. The van der Waals surface area contributed by atoms with Crippen molar-refractivity contribution in [3.8, 4) is 0 Å².